The van der Waals surface area contributed by atoms with Crippen LogP contribution in [0.1, 0.15) is 10.4 Å². The molecule has 1 atom stereocenters. The molecule has 0 radical (unpaired) electrons. The number of nitrogens with one attached hydrogen (secondary N) is 2. The van der Waals surface area contributed by atoms with Gasteiger partial charge in [-0.05, 0) is 12.1 Å². The van der Waals surface area contributed by atoms with E-state index in [-0.39, 0.29) is 17.1 Å². The van der Waals surface area contributed by atoms with E-state index in [1.54, 1.807) is 12.1 Å². The van der Waals surface area contributed by atoms with Gasteiger partial charge in [-0.3, -0.25) is 4.79 Å². The molecule has 0 aliphatic heterocycles. The molecule has 1 aromatic carbocycles. The zero-order chi connectivity index (χ0) is 19.4. The SMILES string of the molecule is CNC(=O)OCC(=O)NC(CS)C(=O)O.O=C(O)c1ccccc1O. The van der Waals surface area contributed by atoms with Crippen molar-refractivity contribution in [1.82, 2.24) is 10.6 Å². The van der Waals surface area contributed by atoms with Gasteiger partial charge in [0.15, 0.2) is 6.61 Å². The number of ether oxygens (including phenoxy) is 1. The molecule has 138 valence electrons. The summed E-state index contributed by atoms with van der Waals surface area (Å²) in [5, 5.41) is 30.1. The fraction of sp³-hybridized carbons (Fsp3) is 0.286. The van der Waals surface area contributed by atoms with Crippen LogP contribution in [0, 0.1) is 0 Å². The quantitative estimate of drug-likeness (QED) is 0.377. The number of carboxylic acid groups (broad SMARTS) is 2. The average Bonchev–Trinajstić information content (AvgIpc) is 2.57. The van der Waals surface area contributed by atoms with Gasteiger partial charge in [-0.15, -0.1) is 0 Å². The Balaban J connectivity index is 0.000000496. The van der Waals surface area contributed by atoms with Crippen LogP contribution in [0.2, 0.25) is 0 Å². The van der Waals surface area contributed by atoms with Gasteiger partial charge < -0.3 is 30.7 Å². The van der Waals surface area contributed by atoms with Crippen molar-refractivity contribution in [2.24, 2.45) is 0 Å². The summed E-state index contributed by atoms with van der Waals surface area (Å²) < 4.78 is 4.40. The number of aromatic carboxylic acids is 1. The number of para-hydroxylation sites is 1. The van der Waals surface area contributed by atoms with Gasteiger partial charge in [0, 0.05) is 12.8 Å². The van der Waals surface area contributed by atoms with E-state index >= 15 is 0 Å². The largest absolute Gasteiger partial charge is 0.507 e. The predicted octanol–water partition coefficient (Wildman–Crippen LogP) is -0.0680. The molecule has 10 nitrogen and oxygen atoms in total. The van der Waals surface area contributed by atoms with E-state index in [2.05, 4.69) is 28.0 Å². The van der Waals surface area contributed by atoms with Crippen molar-refractivity contribution in [2.45, 2.75) is 6.04 Å². The van der Waals surface area contributed by atoms with E-state index in [9.17, 15) is 19.2 Å². The van der Waals surface area contributed by atoms with Crippen LogP contribution in [0.4, 0.5) is 4.79 Å². The average molecular weight is 374 g/mol. The minimum absolute atomic E-state index is 0.0406. The van der Waals surface area contributed by atoms with Gasteiger partial charge in [0.25, 0.3) is 5.91 Å². The first kappa shape index (κ1) is 22.1. The van der Waals surface area contributed by atoms with Crippen molar-refractivity contribution >= 4 is 36.6 Å². The maximum Gasteiger partial charge on any atom is 0.407 e. The number of carbonyl (C=O) groups excluding carboxylic acids is 2. The molecule has 0 heterocycles. The minimum Gasteiger partial charge on any atom is -0.507 e. The molecule has 0 fully saturated rings. The van der Waals surface area contributed by atoms with Crippen molar-refractivity contribution in [2.75, 3.05) is 19.4 Å². The van der Waals surface area contributed by atoms with Crippen LogP contribution in [0.15, 0.2) is 24.3 Å². The third kappa shape index (κ3) is 9.05. The van der Waals surface area contributed by atoms with Crippen molar-refractivity contribution in [3.8, 4) is 5.75 Å². The summed E-state index contributed by atoms with van der Waals surface area (Å²) >= 11 is 3.74. The van der Waals surface area contributed by atoms with Crippen LogP contribution in [0.25, 0.3) is 0 Å². The van der Waals surface area contributed by atoms with Crippen molar-refractivity contribution in [3.05, 3.63) is 29.8 Å². The Hall–Kier alpha value is -2.95. The second-order valence-corrected chi connectivity index (χ2v) is 4.65. The smallest absolute Gasteiger partial charge is 0.407 e. The van der Waals surface area contributed by atoms with E-state index in [0.717, 1.165) is 0 Å². The standard InChI is InChI=1S/C7H12N2O5S.C7H6O3/c1-8-7(13)14-2-5(10)9-4(3-15)6(11)12;8-6-4-2-1-3-5(6)7(9)10/h4,15H,2-3H2,1H3,(H,8,13)(H,9,10)(H,11,12);1-4,8H,(H,9,10). The molecule has 25 heavy (non-hydrogen) atoms. The first-order valence-corrected chi connectivity index (χ1v) is 7.35. The van der Waals surface area contributed by atoms with Crippen LogP contribution >= 0.6 is 12.6 Å². The third-order valence-electron chi connectivity index (χ3n) is 2.49. The summed E-state index contributed by atoms with van der Waals surface area (Å²) in [6.07, 6.45) is -0.761. The number of benzene rings is 1. The molecule has 0 aromatic heterocycles. The topological polar surface area (TPSA) is 162 Å². The number of aliphatic carboxylic acids is 1. The van der Waals surface area contributed by atoms with Crippen LogP contribution in [-0.2, 0) is 14.3 Å². The number of carboxylic acids is 2. The second kappa shape index (κ2) is 11.6. The molecule has 0 spiro atoms. The Morgan fingerprint density at radius 3 is 2.20 bits per heavy atom. The highest BCUT2D eigenvalue weighted by Gasteiger charge is 2.18. The third-order valence-corrected chi connectivity index (χ3v) is 2.85. The summed E-state index contributed by atoms with van der Waals surface area (Å²) in [6.45, 7) is -0.531. The Labute approximate surface area is 148 Å². The number of phenols is 1. The first-order valence-electron chi connectivity index (χ1n) is 6.71. The number of aromatic hydroxyl groups is 1. The molecule has 0 aliphatic carbocycles. The summed E-state index contributed by atoms with van der Waals surface area (Å²) in [7, 11) is 1.34. The molecule has 0 saturated heterocycles. The van der Waals surface area contributed by atoms with Gasteiger partial charge in [0.2, 0.25) is 0 Å². The van der Waals surface area contributed by atoms with Gasteiger partial charge in [-0.1, -0.05) is 12.1 Å². The summed E-state index contributed by atoms with van der Waals surface area (Å²) in [5.74, 6) is -3.24. The molecule has 2 amide bonds. The lowest BCUT2D eigenvalue weighted by atomic mass is 10.2. The van der Waals surface area contributed by atoms with Gasteiger partial charge >= 0.3 is 18.0 Å². The molecule has 1 aromatic rings. The fourth-order valence-corrected chi connectivity index (χ4v) is 1.53. The highest BCUT2D eigenvalue weighted by molar-refractivity contribution is 7.80. The molecule has 0 bridgehead atoms. The number of alkyl carbamates (subject to hydrolysis) is 1. The van der Waals surface area contributed by atoms with Crippen LogP contribution in [0.5, 0.6) is 5.75 Å². The van der Waals surface area contributed by atoms with E-state index in [0.29, 0.717) is 0 Å². The second-order valence-electron chi connectivity index (χ2n) is 4.29. The van der Waals surface area contributed by atoms with Crippen LogP contribution in [0.3, 0.4) is 0 Å². The van der Waals surface area contributed by atoms with E-state index in [4.69, 9.17) is 15.3 Å². The number of thiol groups is 1. The lowest BCUT2D eigenvalue weighted by Gasteiger charge is -2.11. The highest BCUT2D eigenvalue weighted by Crippen LogP contribution is 2.14. The molecule has 1 unspecified atom stereocenters. The Morgan fingerprint density at radius 2 is 1.80 bits per heavy atom. The van der Waals surface area contributed by atoms with Gasteiger partial charge in [0.1, 0.15) is 17.4 Å². The van der Waals surface area contributed by atoms with Gasteiger partial charge in [-0.2, -0.15) is 12.6 Å². The zero-order valence-corrected chi connectivity index (χ0v) is 14.0. The number of rotatable bonds is 6. The first-order chi connectivity index (χ1) is 11.7. The Kier molecular flexibility index (Phi) is 10.2. The lowest BCUT2D eigenvalue weighted by molar-refractivity contribution is -0.141. The normalized spacial score (nSPS) is 10.5. The molecular formula is C14H18N2O8S. The molecule has 11 heteroatoms. The maximum absolute atomic E-state index is 11.0. The van der Waals surface area contributed by atoms with Crippen molar-refractivity contribution in [3.63, 3.8) is 0 Å². The summed E-state index contributed by atoms with van der Waals surface area (Å²) in [6, 6.07) is 4.72. The summed E-state index contributed by atoms with van der Waals surface area (Å²) in [4.78, 5) is 42.3. The van der Waals surface area contributed by atoms with E-state index in [1.807, 2.05) is 0 Å². The molecular weight excluding hydrogens is 356 g/mol. The fourth-order valence-electron chi connectivity index (χ4n) is 1.28. The molecule has 1 rings (SSSR count). The lowest BCUT2D eigenvalue weighted by Crippen LogP contribution is -2.44. The monoisotopic (exact) mass is 374 g/mol. The van der Waals surface area contributed by atoms with Crippen molar-refractivity contribution < 1.29 is 39.2 Å². The van der Waals surface area contributed by atoms with E-state index < -0.39 is 36.6 Å². The maximum atomic E-state index is 11.0. The number of carbonyl (C=O) groups is 4. The van der Waals surface area contributed by atoms with Crippen LogP contribution < -0.4 is 10.6 Å². The number of amides is 2. The Morgan fingerprint density at radius 1 is 1.20 bits per heavy atom. The number of hydrogen-bond acceptors (Lipinski definition) is 7. The molecule has 0 aliphatic rings. The Bertz CT molecular complexity index is 623. The summed E-state index contributed by atoms with van der Waals surface area (Å²) in [5.41, 5.74) is -0.0671. The molecule has 5 N–H and O–H groups in total. The minimum atomic E-state index is -1.20. The zero-order valence-electron chi connectivity index (χ0n) is 13.1. The predicted molar refractivity (Wildman–Crippen MR) is 88.9 cm³/mol. The van der Waals surface area contributed by atoms with Crippen molar-refractivity contribution in [1.29, 1.82) is 0 Å². The van der Waals surface area contributed by atoms with E-state index in [1.165, 1.54) is 19.2 Å². The van der Waals surface area contributed by atoms with Crippen LogP contribution in [-0.4, -0.2) is 64.7 Å². The van der Waals surface area contributed by atoms with Gasteiger partial charge in [0.05, 0.1) is 0 Å². The molecule has 0 saturated carbocycles. The van der Waals surface area contributed by atoms with Gasteiger partial charge in [-0.25, -0.2) is 14.4 Å². The highest BCUT2D eigenvalue weighted by atomic mass is 32.1. The number of hydrogen-bond donors (Lipinski definition) is 6.